The molecule has 1 heterocycles. The van der Waals surface area contributed by atoms with Gasteiger partial charge in [0.05, 0.1) is 18.8 Å². The van der Waals surface area contributed by atoms with Gasteiger partial charge in [-0.05, 0) is 25.8 Å². The summed E-state index contributed by atoms with van der Waals surface area (Å²) >= 11 is 3.91. The second-order valence-corrected chi connectivity index (χ2v) is 7.91. The normalized spacial score (nSPS) is 14.3. The van der Waals surface area contributed by atoms with Crippen LogP contribution in [0.4, 0.5) is 0 Å². The number of carbonyl (C=O) groups excluding carboxylic acids is 4. The average molecular weight is 501 g/mol. The van der Waals surface area contributed by atoms with Gasteiger partial charge in [-0.2, -0.15) is 12.6 Å². The summed E-state index contributed by atoms with van der Waals surface area (Å²) in [6.45, 7) is 0.378. The number of hydrogen-bond acceptors (Lipinski definition) is 9. The minimum Gasteiger partial charge on any atom is -0.480 e. The van der Waals surface area contributed by atoms with E-state index in [0.717, 1.165) is 0 Å². The van der Waals surface area contributed by atoms with E-state index in [-0.39, 0.29) is 18.6 Å². The predicted molar refractivity (Wildman–Crippen MR) is 124 cm³/mol. The van der Waals surface area contributed by atoms with Crippen LogP contribution in [0.2, 0.25) is 0 Å². The molecule has 11 N–H and O–H groups in total. The number of nitrogens with two attached hydrogens (primary N) is 3. The number of carboxylic acid groups (broad SMARTS) is 1. The molecule has 0 saturated carbocycles. The van der Waals surface area contributed by atoms with Crippen molar-refractivity contribution in [3.8, 4) is 0 Å². The summed E-state index contributed by atoms with van der Waals surface area (Å²) in [5, 5.41) is 16.6. The van der Waals surface area contributed by atoms with E-state index >= 15 is 0 Å². The Balaban J connectivity index is 3.03. The Morgan fingerprint density at radius 2 is 1.65 bits per heavy atom. The van der Waals surface area contributed by atoms with Gasteiger partial charge in [0.15, 0.2) is 0 Å². The summed E-state index contributed by atoms with van der Waals surface area (Å²) in [5.41, 5.74) is 16.7. The van der Waals surface area contributed by atoms with Crippen LogP contribution in [0, 0.1) is 0 Å². The van der Waals surface area contributed by atoms with E-state index in [9.17, 15) is 29.1 Å². The van der Waals surface area contributed by atoms with Crippen molar-refractivity contribution in [2.75, 3.05) is 12.3 Å². The number of imidazole rings is 1. The molecule has 1 aromatic rings. The minimum absolute atomic E-state index is 0.0116. The minimum atomic E-state index is -1.41. The first-order chi connectivity index (χ1) is 16.1. The zero-order valence-corrected chi connectivity index (χ0v) is 19.4. The smallest absolute Gasteiger partial charge is 0.326 e. The highest BCUT2D eigenvalue weighted by molar-refractivity contribution is 7.80. The first-order valence-electron chi connectivity index (χ1n) is 10.5. The molecule has 0 fully saturated rings. The number of unbranched alkanes of at least 4 members (excludes halogenated alkanes) is 1. The highest BCUT2D eigenvalue weighted by atomic mass is 32.1. The van der Waals surface area contributed by atoms with E-state index in [0.29, 0.717) is 25.1 Å². The molecule has 0 spiro atoms. The molecule has 1 rings (SSSR count). The fourth-order valence-electron chi connectivity index (χ4n) is 2.89. The Morgan fingerprint density at radius 1 is 1.03 bits per heavy atom. The lowest BCUT2D eigenvalue weighted by atomic mass is 10.1. The molecule has 0 aliphatic rings. The predicted octanol–water partition coefficient (Wildman–Crippen LogP) is -3.25. The molecule has 190 valence electrons. The number of amides is 4. The second kappa shape index (κ2) is 14.9. The molecule has 0 aliphatic heterocycles. The molecule has 0 aromatic carbocycles. The number of aromatic nitrogens is 2. The summed E-state index contributed by atoms with van der Waals surface area (Å²) in [5.74, 6) is -4.52. The SMILES string of the molecule is NCCCCC(NC(=O)C(Cc1cnc[nH]1)NC(=O)C(CC(N)=O)NC(=O)C(N)CS)C(=O)O. The van der Waals surface area contributed by atoms with Gasteiger partial charge in [-0.25, -0.2) is 9.78 Å². The van der Waals surface area contributed by atoms with Crippen LogP contribution in [0.3, 0.4) is 0 Å². The van der Waals surface area contributed by atoms with E-state index in [1.807, 2.05) is 0 Å². The summed E-state index contributed by atoms with van der Waals surface area (Å²) in [4.78, 5) is 67.5. The Morgan fingerprint density at radius 3 is 2.18 bits per heavy atom. The number of nitrogens with zero attached hydrogens (tertiary/aromatic N) is 1. The zero-order chi connectivity index (χ0) is 25.7. The van der Waals surface area contributed by atoms with Crippen molar-refractivity contribution in [3.05, 3.63) is 18.2 Å². The number of nitrogens with one attached hydrogen (secondary N) is 4. The number of H-pyrrole nitrogens is 1. The maximum absolute atomic E-state index is 12.9. The average Bonchev–Trinajstić information content (AvgIpc) is 3.29. The fraction of sp³-hybridized carbons (Fsp3) is 0.579. The maximum Gasteiger partial charge on any atom is 0.326 e. The molecule has 0 radical (unpaired) electrons. The van der Waals surface area contributed by atoms with Gasteiger partial charge >= 0.3 is 5.97 Å². The molecule has 0 aliphatic carbocycles. The fourth-order valence-corrected chi connectivity index (χ4v) is 3.06. The molecule has 34 heavy (non-hydrogen) atoms. The van der Waals surface area contributed by atoms with E-state index in [4.69, 9.17) is 17.2 Å². The van der Waals surface area contributed by atoms with Gasteiger partial charge in [-0.1, -0.05) is 0 Å². The van der Waals surface area contributed by atoms with E-state index in [1.54, 1.807) is 0 Å². The van der Waals surface area contributed by atoms with Crippen LogP contribution >= 0.6 is 12.6 Å². The molecule has 0 saturated heterocycles. The molecular weight excluding hydrogens is 468 g/mol. The topological polar surface area (TPSA) is 248 Å². The Labute approximate surface area is 201 Å². The number of hydrogen-bond donors (Lipinski definition) is 9. The molecule has 4 unspecified atom stereocenters. The van der Waals surface area contributed by atoms with Crippen LogP contribution in [-0.4, -0.2) is 81.1 Å². The van der Waals surface area contributed by atoms with E-state index in [2.05, 4.69) is 38.5 Å². The Bertz CT molecular complexity index is 837. The highest BCUT2D eigenvalue weighted by Crippen LogP contribution is 2.05. The van der Waals surface area contributed by atoms with Gasteiger partial charge in [-0.15, -0.1) is 0 Å². The largest absolute Gasteiger partial charge is 0.480 e. The third kappa shape index (κ3) is 10.2. The molecule has 4 amide bonds. The molecule has 0 bridgehead atoms. The van der Waals surface area contributed by atoms with Crippen molar-refractivity contribution in [1.29, 1.82) is 0 Å². The number of primary amides is 1. The van der Waals surface area contributed by atoms with Crippen molar-refractivity contribution in [2.24, 2.45) is 17.2 Å². The zero-order valence-electron chi connectivity index (χ0n) is 18.5. The van der Waals surface area contributed by atoms with Gasteiger partial charge in [-0.3, -0.25) is 19.2 Å². The number of thiol groups is 1. The van der Waals surface area contributed by atoms with Crippen LogP contribution in [-0.2, 0) is 30.4 Å². The number of aliphatic carboxylic acids is 1. The molecular formula is C19H32N8O6S. The van der Waals surface area contributed by atoms with Crippen molar-refractivity contribution >= 4 is 42.2 Å². The molecule has 14 nitrogen and oxygen atoms in total. The van der Waals surface area contributed by atoms with E-state index < -0.39 is 60.2 Å². The van der Waals surface area contributed by atoms with Crippen LogP contribution in [0.1, 0.15) is 31.4 Å². The summed E-state index contributed by atoms with van der Waals surface area (Å²) in [6.07, 6.45) is 3.38. The number of aromatic amines is 1. The monoisotopic (exact) mass is 500 g/mol. The van der Waals surface area contributed by atoms with E-state index in [1.165, 1.54) is 12.5 Å². The third-order valence-electron chi connectivity index (χ3n) is 4.75. The lowest BCUT2D eigenvalue weighted by Crippen LogP contribution is -2.58. The molecule has 4 atom stereocenters. The van der Waals surface area contributed by atoms with Gasteiger partial charge in [0.1, 0.15) is 18.1 Å². The van der Waals surface area contributed by atoms with Gasteiger partial charge in [0, 0.05) is 24.1 Å². The molecule has 1 aromatic heterocycles. The number of rotatable bonds is 16. The summed E-state index contributed by atoms with van der Waals surface area (Å²) < 4.78 is 0. The van der Waals surface area contributed by atoms with Crippen LogP contribution in [0.15, 0.2) is 12.5 Å². The van der Waals surface area contributed by atoms with Gasteiger partial charge in [0.25, 0.3) is 0 Å². The molecule has 15 heteroatoms. The van der Waals surface area contributed by atoms with Crippen LogP contribution in [0.25, 0.3) is 0 Å². The number of carbonyl (C=O) groups is 5. The van der Waals surface area contributed by atoms with Crippen molar-refractivity contribution in [1.82, 2.24) is 25.9 Å². The number of carboxylic acids is 1. The van der Waals surface area contributed by atoms with Crippen molar-refractivity contribution in [2.45, 2.75) is 56.3 Å². The second-order valence-electron chi connectivity index (χ2n) is 7.55. The highest BCUT2D eigenvalue weighted by Gasteiger charge is 2.31. The third-order valence-corrected chi connectivity index (χ3v) is 5.14. The van der Waals surface area contributed by atoms with Crippen molar-refractivity contribution < 1.29 is 29.1 Å². The Hall–Kier alpha value is -3.17. The van der Waals surface area contributed by atoms with Gasteiger partial charge in [0.2, 0.25) is 23.6 Å². The first-order valence-corrected chi connectivity index (χ1v) is 11.2. The van der Waals surface area contributed by atoms with Crippen molar-refractivity contribution in [3.63, 3.8) is 0 Å². The lowest BCUT2D eigenvalue weighted by molar-refractivity contribution is -0.142. The quantitative estimate of drug-likeness (QED) is 0.0815. The van der Waals surface area contributed by atoms with Crippen LogP contribution < -0.4 is 33.2 Å². The summed E-state index contributed by atoms with van der Waals surface area (Å²) in [6, 6.07) is -4.90. The summed E-state index contributed by atoms with van der Waals surface area (Å²) in [7, 11) is 0. The van der Waals surface area contributed by atoms with Gasteiger partial charge < -0.3 is 43.2 Å². The van der Waals surface area contributed by atoms with Crippen LogP contribution in [0.5, 0.6) is 0 Å². The standard InChI is InChI=1S/C19H32N8O6S/c20-4-2-1-3-12(19(32)33)25-17(30)13(5-10-7-23-9-24-10)27-18(31)14(6-15(22)28)26-16(29)11(21)8-34/h7,9,11-14,34H,1-6,8,20-21H2,(H2,22,28)(H,23,24)(H,25,30)(H,26,29)(H,27,31)(H,32,33). The Kier molecular flexibility index (Phi) is 12.6. The maximum atomic E-state index is 12.9. The first kappa shape index (κ1) is 28.9. The lowest BCUT2D eigenvalue weighted by Gasteiger charge is -2.24.